The Labute approximate surface area is 289 Å². The highest BCUT2D eigenvalue weighted by Gasteiger charge is 2.38. The first-order valence-corrected chi connectivity index (χ1v) is 25.3. The Bertz CT molecular complexity index is 1620. The second kappa shape index (κ2) is 14.8. The second-order valence-corrected chi connectivity index (χ2v) is 27.6. The fourth-order valence-corrected chi connectivity index (χ4v) is 8.78. The van der Waals surface area contributed by atoms with Crippen molar-refractivity contribution in [2.24, 2.45) is 11.8 Å². The molecule has 1 aromatic carbocycles. The molecule has 3 atom stereocenters. The van der Waals surface area contributed by atoms with Gasteiger partial charge < -0.3 is 19.1 Å². The number of hydrogen-bond acceptors (Lipinski definition) is 7. The minimum Gasteiger partial charge on any atom is -0.491 e. The lowest BCUT2D eigenvalue weighted by molar-refractivity contribution is 0.0936. The number of nitrogens with zero attached hydrogens (tertiary/aromatic N) is 5. The van der Waals surface area contributed by atoms with Gasteiger partial charge in [-0.25, -0.2) is 4.98 Å². The van der Waals surface area contributed by atoms with Crippen molar-refractivity contribution in [1.29, 1.82) is 0 Å². The molecule has 0 radical (unpaired) electrons. The molecule has 10 heteroatoms. The molecule has 2 aliphatic carbocycles. The van der Waals surface area contributed by atoms with Gasteiger partial charge in [0.25, 0.3) is 0 Å². The zero-order valence-electron chi connectivity index (χ0n) is 30.2. The zero-order valence-corrected chi connectivity index (χ0v) is 32.2. The van der Waals surface area contributed by atoms with Gasteiger partial charge in [-0.15, -0.1) is 0 Å². The Hall–Kier alpha value is -3.06. The summed E-state index contributed by atoms with van der Waals surface area (Å²) in [5, 5.41) is 4.98. The summed E-state index contributed by atoms with van der Waals surface area (Å²) in [5.74, 6) is 3.54. The summed E-state index contributed by atoms with van der Waals surface area (Å²) >= 11 is 0. The molecular formula is C38H55N5O3Si2. The molecule has 0 spiro atoms. The van der Waals surface area contributed by atoms with Gasteiger partial charge in [0.15, 0.2) is 17.2 Å². The zero-order chi connectivity index (χ0) is 33.9. The van der Waals surface area contributed by atoms with Crippen LogP contribution in [0.25, 0.3) is 28.0 Å². The summed E-state index contributed by atoms with van der Waals surface area (Å²) in [4.78, 5) is 12.5. The van der Waals surface area contributed by atoms with Gasteiger partial charge in [-0.1, -0.05) is 88.5 Å². The maximum absolute atomic E-state index is 6.41. The summed E-state index contributed by atoms with van der Waals surface area (Å²) in [5.41, 5.74) is 5.87. The molecule has 2 fully saturated rings. The molecule has 2 saturated carbocycles. The Morgan fingerprint density at radius 2 is 1.44 bits per heavy atom. The van der Waals surface area contributed by atoms with E-state index < -0.39 is 16.1 Å². The quantitative estimate of drug-likeness (QED) is 0.0702. The number of methoxy groups -OCH3 is 1. The van der Waals surface area contributed by atoms with Gasteiger partial charge in [0.05, 0.1) is 24.7 Å². The summed E-state index contributed by atoms with van der Waals surface area (Å²) in [6.45, 7) is 16.6. The van der Waals surface area contributed by atoms with E-state index in [0.29, 0.717) is 19.4 Å². The molecule has 48 heavy (non-hydrogen) atoms. The highest BCUT2D eigenvalue weighted by molar-refractivity contribution is 6.76. The molecule has 0 amide bonds. The molecule has 3 heterocycles. The van der Waals surface area contributed by atoms with Crippen molar-refractivity contribution in [1.82, 2.24) is 19.6 Å². The molecule has 2 bridgehead atoms. The average Bonchev–Trinajstić information content (AvgIpc) is 3.64. The average molecular weight is 686 g/mol. The lowest BCUT2D eigenvalue weighted by Crippen LogP contribution is -2.34. The van der Waals surface area contributed by atoms with Gasteiger partial charge >= 0.3 is 0 Å². The minimum atomic E-state index is -1.25. The van der Waals surface area contributed by atoms with Crippen molar-refractivity contribution in [2.75, 3.05) is 38.7 Å². The number of fused-ring (bicyclic) bond motifs is 3. The maximum Gasteiger partial charge on any atom is 0.183 e. The molecule has 6 rings (SSSR count). The van der Waals surface area contributed by atoms with Gasteiger partial charge in [-0.05, 0) is 49.3 Å². The minimum absolute atomic E-state index is 0.346. The highest BCUT2D eigenvalue weighted by atomic mass is 28.3. The summed E-state index contributed by atoms with van der Waals surface area (Å²) in [6.07, 6.45) is 10.2. The van der Waals surface area contributed by atoms with Gasteiger partial charge in [-0.3, -0.25) is 4.98 Å². The van der Waals surface area contributed by atoms with Gasteiger partial charge in [0.1, 0.15) is 13.5 Å². The monoisotopic (exact) mass is 685 g/mol. The highest BCUT2D eigenvalue weighted by Crippen LogP contribution is 2.51. The third-order valence-corrected chi connectivity index (χ3v) is 13.4. The van der Waals surface area contributed by atoms with Crippen molar-refractivity contribution in [2.45, 2.75) is 89.4 Å². The van der Waals surface area contributed by atoms with Gasteiger partial charge in [-0.2, -0.15) is 9.61 Å². The van der Waals surface area contributed by atoms with E-state index in [1.807, 2.05) is 35.1 Å². The lowest BCUT2D eigenvalue weighted by Gasteiger charge is -2.32. The van der Waals surface area contributed by atoms with E-state index in [9.17, 15) is 0 Å². The van der Waals surface area contributed by atoms with Crippen LogP contribution in [0, 0.1) is 11.8 Å². The fraction of sp³-hybridized carbons (Fsp3) is 0.553. The Morgan fingerprint density at radius 3 is 2.00 bits per heavy atom. The van der Waals surface area contributed by atoms with Crippen LogP contribution >= 0.6 is 0 Å². The summed E-state index contributed by atoms with van der Waals surface area (Å²) < 4.78 is 21.1. The number of anilines is 1. The predicted octanol–water partition coefficient (Wildman–Crippen LogP) is 9.19. The SMILES string of the molecule is COc1c([C@H]2C[C@@H]3CC[C@@H](C3)C2)nc2c(-c3ccc(-c4ccccc4)nc3)cnn2c1N(COCC[Si](C)(C)C)COCC[Si](C)(C)C. The first kappa shape index (κ1) is 34.8. The molecule has 0 aliphatic heterocycles. The van der Waals surface area contributed by atoms with Crippen LogP contribution in [0.3, 0.4) is 0 Å². The Balaban J connectivity index is 1.42. The van der Waals surface area contributed by atoms with Crippen LogP contribution in [-0.4, -0.2) is 69.5 Å². The topological polar surface area (TPSA) is 74.0 Å². The first-order chi connectivity index (χ1) is 23.0. The van der Waals surface area contributed by atoms with E-state index >= 15 is 0 Å². The van der Waals surface area contributed by atoms with Gasteiger partial charge in [0, 0.05) is 58.2 Å². The number of pyridine rings is 1. The van der Waals surface area contributed by atoms with E-state index in [1.54, 1.807) is 7.11 Å². The molecule has 0 saturated heterocycles. The van der Waals surface area contributed by atoms with Crippen molar-refractivity contribution < 1.29 is 14.2 Å². The molecule has 3 aromatic heterocycles. The molecule has 0 N–H and O–H groups in total. The largest absolute Gasteiger partial charge is 0.491 e. The molecule has 8 nitrogen and oxygen atoms in total. The van der Waals surface area contributed by atoms with Crippen LogP contribution in [0.4, 0.5) is 5.82 Å². The van der Waals surface area contributed by atoms with Crippen LogP contribution in [0.15, 0.2) is 54.9 Å². The number of benzene rings is 1. The van der Waals surface area contributed by atoms with Crippen LogP contribution in [0.5, 0.6) is 5.75 Å². The van der Waals surface area contributed by atoms with E-state index in [-0.39, 0.29) is 0 Å². The molecular weight excluding hydrogens is 631 g/mol. The number of rotatable bonds is 15. The number of ether oxygens (including phenoxy) is 3. The molecule has 4 aromatic rings. The second-order valence-electron chi connectivity index (χ2n) is 16.4. The van der Waals surface area contributed by atoms with Crippen LogP contribution in [0.2, 0.25) is 51.4 Å². The lowest BCUT2D eigenvalue weighted by atomic mass is 9.79. The van der Waals surface area contributed by atoms with E-state index in [4.69, 9.17) is 29.3 Å². The van der Waals surface area contributed by atoms with E-state index in [0.717, 1.165) is 95.3 Å². The van der Waals surface area contributed by atoms with E-state index in [1.165, 1.54) is 19.3 Å². The van der Waals surface area contributed by atoms with Gasteiger partial charge in [0.2, 0.25) is 0 Å². The smallest absolute Gasteiger partial charge is 0.183 e. The molecule has 0 unspecified atom stereocenters. The maximum atomic E-state index is 6.41. The predicted molar refractivity (Wildman–Crippen MR) is 201 cm³/mol. The van der Waals surface area contributed by atoms with Crippen LogP contribution < -0.4 is 9.64 Å². The van der Waals surface area contributed by atoms with Crippen molar-refractivity contribution in [3.63, 3.8) is 0 Å². The Kier molecular flexibility index (Phi) is 10.7. The van der Waals surface area contributed by atoms with Crippen molar-refractivity contribution in [3.05, 3.63) is 60.6 Å². The molecule has 2 aliphatic rings. The van der Waals surface area contributed by atoms with Crippen molar-refractivity contribution >= 4 is 27.6 Å². The summed E-state index contributed by atoms with van der Waals surface area (Å²) in [6, 6.07) is 16.7. The standard InChI is InChI=1S/C38H55N5O3Si2/c1-44-36-35(32-22-28-13-14-29(21-28)23-32)41-37-33(31-15-16-34(39-24-31)30-11-9-8-10-12-30)25-40-43(37)38(36)42(26-45-17-19-47(2,3)4)27-46-18-20-48(5,6)7/h8-12,15-16,24-25,28-29,32H,13-14,17-23,26-27H2,1-7H3/t28-,29+,32+. The first-order valence-electron chi connectivity index (χ1n) is 17.9. The van der Waals surface area contributed by atoms with Crippen LogP contribution in [-0.2, 0) is 9.47 Å². The van der Waals surface area contributed by atoms with E-state index in [2.05, 4.69) is 68.4 Å². The van der Waals surface area contributed by atoms with Crippen molar-refractivity contribution in [3.8, 4) is 28.1 Å². The third kappa shape index (κ3) is 8.38. The number of hydrogen-bond donors (Lipinski definition) is 0. The fourth-order valence-electron chi connectivity index (χ4n) is 7.26. The summed E-state index contributed by atoms with van der Waals surface area (Å²) in [7, 11) is -0.721. The normalized spacial score (nSPS) is 19.6. The molecule has 258 valence electrons. The Morgan fingerprint density at radius 1 is 0.792 bits per heavy atom. The third-order valence-electron chi connectivity index (χ3n) is 10.0. The number of aromatic nitrogens is 4. The van der Waals surface area contributed by atoms with Crippen LogP contribution in [0.1, 0.15) is 43.7 Å².